The fraction of sp³-hybridized carbons (Fsp3) is 0.238. The van der Waals surface area contributed by atoms with Gasteiger partial charge in [0.15, 0.2) is 6.61 Å². The highest BCUT2D eigenvalue weighted by Crippen LogP contribution is 2.19. The third kappa shape index (κ3) is 5.81. The van der Waals surface area contributed by atoms with Gasteiger partial charge in [0.2, 0.25) is 0 Å². The van der Waals surface area contributed by atoms with E-state index < -0.39 is 10.9 Å². The van der Waals surface area contributed by atoms with E-state index in [1.165, 1.54) is 12.1 Å². The van der Waals surface area contributed by atoms with Gasteiger partial charge in [0.1, 0.15) is 0 Å². The number of carbonyl (C=O) groups excluding carboxylic acids is 2. The van der Waals surface area contributed by atoms with Crippen molar-refractivity contribution in [2.24, 2.45) is 0 Å². The SMILES string of the molecule is O=C(COC(=O)CCc1c[nH]c2ccccc12)NCCNc1ccc([N+](=O)[O-])cc1. The lowest BCUT2D eigenvalue weighted by atomic mass is 10.1. The molecule has 1 heterocycles. The summed E-state index contributed by atoms with van der Waals surface area (Å²) in [7, 11) is 0. The predicted octanol–water partition coefficient (Wildman–Crippen LogP) is 2.78. The first-order valence-corrected chi connectivity index (χ1v) is 9.48. The van der Waals surface area contributed by atoms with Gasteiger partial charge in [0, 0.05) is 54.4 Å². The molecule has 0 atom stereocenters. The molecule has 0 bridgehead atoms. The lowest BCUT2D eigenvalue weighted by molar-refractivity contribution is -0.384. The van der Waals surface area contributed by atoms with Crippen LogP contribution < -0.4 is 10.6 Å². The first-order chi connectivity index (χ1) is 14.5. The highest BCUT2D eigenvalue weighted by molar-refractivity contribution is 5.84. The van der Waals surface area contributed by atoms with E-state index in [4.69, 9.17) is 4.74 Å². The van der Waals surface area contributed by atoms with Crippen LogP contribution >= 0.6 is 0 Å². The highest BCUT2D eigenvalue weighted by atomic mass is 16.6. The van der Waals surface area contributed by atoms with Crippen LogP contribution in [0, 0.1) is 10.1 Å². The van der Waals surface area contributed by atoms with E-state index in [9.17, 15) is 19.7 Å². The number of ether oxygens (including phenoxy) is 1. The van der Waals surface area contributed by atoms with Crippen molar-refractivity contribution in [3.05, 3.63) is 70.4 Å². The molecule has 9 nitrogen and oxygen atoms in total. The number of nitrogens with zero attached hydrogens (tertiary/aromatic N) is 1. The number of fused-ring (bicyclic) bond motifs is 1. The lowest BCUT2D eigenvalue weighted by Gasteiger charge is -2.08. The van der Waals surface area contributed by atoms with E-state index in [1.54, 1.807) is 12.1 Å². The van der Waals surface area contributed by atoms with Gasteiger partial charge in [-0.2, -0.15) is 0 Å². The zero-order chi connectivity index (χ0) is 21.3. The number of hydrogen-bond donors (Lipinski definition) is 3. The number of non-ortho nitro benzene ring substituents is 1. The number of rotatable bonds is 10. The number of nitro benzene ring substituents is 1. The minimum atomic E-state index is -0.466. The van der Waals surface area contributed by atoms with Crippen molar-refractivity contribution in [1.29, 1.82) is 0 Å². The van der Waals surface area contributed by atoms with Gasteiger partial charge in [-0.25, -0.2) is 0 Å². The number of aromatic amines is 1. The van der Waals surface area contributed by atoms with Crippen LogP contribution in [0.5, 0.6) is 0 Å². The van der Waals surface area contributed by atoms with Gasteiger partial charge in [-0.05, 0) is 30.2 Å². The molecule has 2 aromatic carbocycles. The molecule has 0 aliphatic heterocycles. The van der Waals surface area contributed by atoms with E-state index >= 15 is 0 Å². The zero-order valence-electron chi connectivity index (χ0n) is 16.2. The highest BCUT2D eigenvalue weighted by Gasteiger charge is 2.10. The van der Waals surface area contributed by atoms with E-state index in [0.29, 0.717) is 25.2 Å². The second-order valence-electron chi connectivity index (χ2n) is 6.60. The van der Waals surface area contributed by atoms with Gasteiger partial charge < -0.3 is 20.4 Å². The van der Waals surface area contributed by atoms with Crippen LogP contribution in [-0.4, -0.2) is 41.5 Å². The molecule has 0 aliphatic rings. The monoisotopic (exact) mass is 410 g/mol. The number of aryl methyl sites for hydroxylation is 1. The van der Waals surface area contributed by atoms with Crippen molar-refractivity contribution in [2.45, 2.75) is 12.8 Å². The molecule has 156 valence electrons. The Kier molecular flexibility index (Phi) is 6.99. The number of H-pyrrole nitrogens is 1. The summed E-state index contributed by atoms with van der Waals surface area (Å²) < 4.78 is 5.02. The van der Waals surface area contributed by atoms with Crippen molar-refractivity contribution >= 4 is 34.2 Å². The standard InChI is InChI=1S/C21H22N4O5/c26-20(23-12-11-22-16-6-8-17(9-7-16)25(28)29)14-30-21(27)10-5-15-13-24-19-4-2-1-3-18(15)19/h1-4,6-9,13,22,24H,5,10-12,14H2,(H,23,26). The molecule has 1 aromatic heterocycles. The number of nitrogens with one attached hydrogen (secondary N) is 3. The molecule has 1 amide bonds. The topological polar surface area (TPSA) is 126 Å². The molecule has 0 radical (unpaired) electrons. The predicted molar refractivity (Wildman–Crippen MR) is 112 cm³/mol. The molecule has 3 N–H and O–H groups in total. The smallest absolute Gasteiger partial charge is 0.306 e. The third-order valence-electron chi connectivity index (χ3n) is 4.49. The van der Waals surface area contributed by atoms with Gasteiger partial charge in [-0.3, -0.25) is 19.7 Å². The van der Waals surface area contributed by atoms with Crippen LogP contribution in [0.2, 0.25) is 0 Å². The van der Waals surface area contributed by atoms with E-state index in [-0.39, 0.29) is 24.6 Å². The Morgan fingerprint density at radius 2 is 1.83 bits per heavy atom. The molecule has 0 spiro atoms. The van der Waals surface area contributed by atoms with Crippen molar-refractivity contribution in [3.8, 4) is 0 Å². The van der Waals surface area contributed by atoms with Crippen LogP contribution in [0.25, 0.3) is 10.9 Å². The molecule has 3 aromatic rings. The number of anilines is 1. The number of esters is 1. The number of hydrogen-bond acceptors (Lipinski definition) is 6. The Hall–Kier alpha value is -3.88. The fourth-order valence-corrected chi connectivity index (χ4v) is 2.95. The van der Waals surface area contributed by atoms with Gasteiger partial charge in [0.05, 0.1) is 4.92 Å². The molecule has 0 fully saturated rings. The summed E-state index contributed by atoms with van der Waals surface area (Å²) in [6.07, 6.45) is 2.60. The van der Waals surface area contributed by atoms with Crippen LogP contribution in [-0.2, 0) is 20.7 Å². The fourth-order valence-electron chi connectivity index (χ4n) is 2.95. The van der Waals surface area contributed by atoms with Gasteiger partial charge >= 0.3 is 5.97 Å². The molecule has 30 heavy (non-hydrogen) atoms. The number of nitro groups is 1. The molecule has 0 saturated heterocycles. The maximum Gasteiger partial charge on any atom is 0.306 e. The van der Waals surface area contributed by atoms with Gasteiger partial charge in [-0.1, -0.05) is 18.2 Å². The maximum absolute atomic E-state index is 11.9. The quantitative estimate of drug-likeness (QED) is 0.204. The van der Waals surface area contributed by atoms with Crippen molar-refractivity contribution in [3.63, 3.8) is 0 Å². The van der Waals surface area contributed by atoms with E-state index in [1.807, 2.05) is 30.5 Å². The van der Waals surface area contributed by atoms with Gasteiger partial charge in [0.25, 0.3) is 11.6 Å². The minimum absolute atomic E-state index is 0.0142. The van der Waals surface area contributed by atoms with Crippen LogP contribution in [0.15, 0.2) is 54.7 Å². The summed E-state index contributed by atoms with van der Waals surface area (Å²) in [5, 5.41) is 17.4. The second-order valence-corrected chi connectivity index (χ2v) is 6.60. The number of para-hydroxylation sites is 1. The summed E-state index contributed by atoms with van der Waals surface area (Å²) in [6.45, 7) is 0.422. The number of aromatic nitrogens is 1. The average molecular weight is 410 g/mol. The third-order valence-corrected chi connectivity index (χ3v) is 4.49. The summed E-state index contributed by atoms with van der Waals surface area (Å²) in [5.74, 6) is -0.819. The van der Waals surface area contributed by atoms with Crippen LogP contribution in [0.1, 0.15) is 12.0 Å². The number of amides is 1. The number of carbonyl (C=O) groups is 2. The van der Waals surface area contributed by atoms with Crippen molar-refractivity contribution < 1.29 is 19.2 Å². The second kappa shape index (κ2) is 10.1. The van der Waals surface area contributed by atoms with Crippen LogP contribution in [0.3, 0.4) is 0 Å². The van der Waals surface area contributed by atoms with Crippen LogP contribution in [0.4, 0.5) is 11.4 Å². The zero-order valence-corrected chi connectivity index (χ0v) is 16.2. The first-order valence-electron chi connectivity index (χ1n) is 9.48. The van der Waals surface area contributed by atoms with E-state index in [2.05, 4.69) is 15.6 Å². The van der Waals surface area contributed by atoms with Gasteiger partial charge in [-0.15, -0.1) is 0 Å². The lowest BCUT2D eigenvalue weighted by Crippen LogP contribution is -2.32. The average Bonchev–Trinajstić information content (AvgIpc) is 3.17. The molecule has 0 unspecified atom stereocenters. The number of benzene rings is 2. The summed E-state index contributed by atoms with van der Waals surface area (Å²) >= 11 is 0. The molecular formula is C21H22N4O5. The molecule has 3 rings (SSSR count). The van der Waals surface area contributed by atoms with Crippen molar-refractivity contribution in [1.82, 2.24) is 10.3 Å². The Morgan fingerprint density at radius 1 is 1.07 bits per heavy atom. The maximum atomic E-state index is 11.9. The molecule has 0 aliphatic carbocycles. The Morgan fingerprint density at radius 3 is 2.60 bits per heavy atom. The summed E-state index contributed by atoms with van der Waals surface area (Å²) in [4.78, 5) is 37.0. The molecule has 0 saturated carbocycles. The normalized spacial score (nSPS) is 10.5. The molecular weight excluding hydrogens is 388 g/mol. The van der Waals surface area contributed by atoms with Crippen molar-refractivity contribution in [2.75, 3.05) is 25.0 Å². The summed E-state index contributed by atoms with van der Waals surface area (Å²) in [6, 6.07) is 13.8. The summed E-state index contributed by atoms with van der Waals surface area (Å²) in [5.41, 5.74) is 2.77. The Balaban J connectivity index is 1.30. The minimum Gasteiger partial charge on any atom is -0.456 e. The molecule has 9 heteroatoms. The first kappa shape index (κ1) is 20.8. The Labute approximate surface area is 172 Å². The Bertz CT molecular complexity index is 1030. The van der Waals surface area contributed by atoms with E-state index in [0.717, 1.165) is 16.5 Å². The largest absolute Gasteiger partial charge is 0.456 e.